The first-order valence-corrected chi connectivity index (χ1v) is 4.14. The van der Waals surface area contributed by atoms with E-state index in [0.717, 1.165) is 11.1 Å². The second-order valence-electron chi connectivity index (χ2n) is 3.04. The Hall–Kier alpha value is -1.38. The van der Waals surface area contributed by atoms with Gasteiger partial charge in [0.05, 0.1) is 13.0 Å². The van der Waals surface area contributed by atoms with E-state index in [2.05, 4.69) is 9.72 Å². The van der Waals surface area contributed by atoms with Crippen molar-refractivity contribution in [3.05, 3.63) is 29.6 Å². The van der Waals surface area contributed by atoms with Crippen molar-refractivity contribution in [2.45, 2.75) is 19.8 Å². The molecule has 1 rings (SSSR count). The molecule has 0 amide bonds. The number of carbonyl (C=O) groups excluding carboxylic acids is 1. The summed E-state index contributed by atoms with van der Waals surface area (Å²) in [5, 5.41) is 0. The summed E-state index contributed by atoms with van der Waals surface area (Å²) in [6, 6.07) is 1.94. The molecule has 0 aliphatic heterocycles. The van der Waals surface area contributed by atoms with Gasteiger partial charge in [-0.05, 0) is 25.0 Å². The molecule has 0 spiro atoms. The summed E-state index contributed by atoms with van der Waals surface area (Å²) in [4.78, 5) is 15.2. The fourth-order valence-corrected chi connectivity index (χ4v) is 1.13. The smallest absolute Gasteiger partial charge is 0.312 e. The van der Waals surface area contributed by atoms with Crippen molar-refractivity contribution < 1.29 is 9.53 Å². The maximum Gasteiger partial charge on any atom is 0.312 e. The lowest BCUT2D eigenvalue weighted by atomic mass is 10.0. The Labute approximate surface area is 77.8 Å². The molecule has 0 aromatic carbocycles. The number of hydrogen-bond donors (Lipinski definition) is 0. The van der Waals surface area contributed by atoms with Gasteiger partial charge in [0.2, 0.25) is 0 Å². The molecular formula is C10H13NO2. The van der Waals surface area contributed by atoms with Crippen LogP contribution in [0.4, 0.5) is 0 Å². The maximum atomic E-state index is 11.2. The van der Waals surface area contributed by atoms with E-state index in [1.807, 2.05) is 19.9 Å². The molecular weight excluding hydrogens is 166 g/mol. The first-order valence-electron chi connectivity index (χ1n) is 4.14. The van der Waals surface area contributed by atoms with Crippen LogP contribution in [-0.2, 0) is 9.53 Å². The number of aryl methyl sites for hydroxylation is 1. The topological polar surface area (TPSA) is 39.2 Å². The van der Waals surface area contributed by atoms with E-state index in [9.17, 15) is 4.79 Å². The van der Waals surface area contributed by atoms with E-state index in [1.54, 1.807) is 12.4 Å². The summed E-state index contributed by atoms with van der Waals surface area (Å²) in [5.41, 5.74) is 1.94. The first-order chi connectivity index (χ1) is 6.15. The normalized spacial score (nSPS) is 12.2. The predicted molar refractivity (Wildman–Crippen MR) is 49.4 cm³/mol. The van der Waals surface area contributed by atoms with Gasteiger partial charge in [0.25, 0.3) is 0 Å². The van der Waals surface area contributed by atoms with Gasteiger partial charge in [-0.2, -0.15) is 0 Å². The van der Waals surface area contributed by atoms with Gasteiger partial charge < -0.3 is 4.74 Å². The van der Waals surface area contributed by atoms with E-state index in [4.69, 9.17) is 0 Å². The fraction of sp³-hybridized carbons (Fsp3) is 0.400. The summed E-state index contributed by atoms with van der Waals surface area (Å²) in [7, 11) is 1.39. The molecule has 0 aliphatic rings. The lowest BCUT2D eigenvalue weighted by Gasteiger charge is -2.08. The summed E-state index contributed by atoms with van der Waals surface area (Å²) in [6.45, 7) is 3.75. The molecule has 0 aliphatic carbocycles. The zero-order valence-corrected chi connectivity index (χ0v) is 8.07. The summed E-state index contributed by atoms with van der Waals surface area (Å²) >= 11 is 0. The lowest BCUT2D eigenvalue weighted by molar-refractivity contribution is -0.141. The molecule has 0 bridgehead atoms. The highest BCUT2D eigenvalue weighted by atomic mass is 16.5. The molecule has 3 heteroatoms. The van der Waals surface area contributed by atoms with Crippen molar-refractivity contribution in [3.63, 3.8) is 0 Å². The van der Waals surface area contributed by atoms with Crippen molar-refractivity contribution in [3.8, 4) is 0 Å². The quantitative estimate of drug-likeness (QED) is 0.648. The Kier molecular flexibility index (Phi) is 3.01. The number of hydrogen-bond acceptors (Lipinski definition) is 3. The molecule has 1 heterocycles. The third kappa shape index (κ3) is 2.28. The number of rotatable bonds is 2. The van der Waals surface area contributed by atoms with E-state index in [1.165, 1.54) is 7.11 Å². The number of nitrogens with zero attached hydrogens (tertiary/aromatic N) is 1. The standard InChI is InChI=1S/C10H13NO2/c1-7-4-9(6-11-5-7)8(2)10(12)13-3/h4-6,8H,1-3H3. The zero-order valence-electron chi connectivity index (χ0n) is 8.07. The minimum absolute atomic E-state index is 0.229. The highest BCUT2D eigenvalue weighted by Crippen LogP contribution is 2.16. The van der Waals surface area contributed by atoms with Crippen LogP contribution in [-0.4, -0.2) is 18.1 Å². The Morgan fingerprint density at radius 2 is 2.23 bits per heavy atom. The van der Waals surface area contributed by atoms with Crippen molar-refractivity contribution >= 4 is 5.97 Å². The van der Waals surface area contributed by atoms with Gasteiger partial charge >= 0.3 is 5.97 Å². The van der Waals surface area contributed by atoms with E-state index in [-0.39, 0.29) is 11.9 Å². The Balaban J connectivity index is 2.88. The van der Waals surface area contributed by atoms with Crippen LogP contribution in [0.5, 0.6) is 0 Å². The molecule has 1 unspecified atom stereocenters. The van der Waals surface area contributed by atoms with Gasteiger partial charge in [-0.25, -0.2) is 0 Å². The van der Waals surface area contributed by atoms with E-state index >= 15 is 0 Å². The molecule has 1 atom stereocenters. The Bertz CT molecular complexity index is 310. The van der Waals surface area contributed by atoms with E-state index < -0.39 is 0 Å². The lowest BCUT2D eigenvalue weighted by Crippen LogP contribution is -2.11. The Morgan fingerprint density at radius 3 is 2.77 bits per heavy atom. The van der Waals surface area contributed by atoms with Crippen LogP contribution in [0.1, 0.15) is 24.0 Å². The molecule has 0 N–H and O–H groups in total. The van der Waals surface area contributed by atoms with Crippen molar-refractivity contribution in [1.29, 1.82) is 0 Å². The minimum Gasteiger partial charge on any atom is -0.469 e. The van der Waals surface area contributed by atoms with Crippen LogP contribution in [0.2, 0.25) is 0 Å². The minimum atomic E-state index is -0.239. The summed E-state index contributed by atoms with van der Waals surface area (Å²) in [5.74, 6) is -0.468. The number of aromatic nitrogens is 1. The van der Waals surface area contributed by atoms with Crippen LogP contribution in [0.3, 0.4) is 0 Å². The van der Waals surface area contributed by atoms with Gasteiger partial charge in [-0.3, -0.25) is 9.78 Å². The van der Waals surface area contributed by atoms with Crippen molar-refractivity contribution in [2.24, 2.45) is 0 Å². The predicted octanol–water partition coefficient (Wildman–Crippen LogP) is 1.67. The average molecular weight is 179 g/mol. The highest BCUT2D eigenvalue weighted by molar-refractivity contribution is 5.77. The molecule has 1 aromatic heterocycles. The van der Waals surface area contributed by atoms with Crippen molar-refractivity contribution in [2.75, 3.05) is 7.11 Å². The number of pyridine rings is 1. The third-order valence-electron chi connectivity index (χ3n) is 1.95. The molecule has 0 radical (unpaired) electrons. The van der Waals surface area contributed by atoms with Gasteiger partial charge in [0.15, 0.2) is 0 Å². The summed E-state index contributed by atoms with van der Waals surface area (Å²) < 4.78 is 4.64. The molecule has 3 nitrogen and oxygen atoms in total. The summed E-state index contributed by atoms with van der Waals surface area (Å²) in [6.07, 6.45) is 3.45. The molecule has 0 fully saturated rings. The number of ether oxygens (including phenoxy) is 1. The molecule has 0 saturated heterocycles. The first kappa shape index (κ1) is 9.71. The van der Waals surface area contributed by atoms with Crippen LogP contribution in [0, 0.1) is 6.92 Å². The largest absolute Gasteiger partial charge is 0.469 e. The van der Waals surface area contributed by atoms with Gasteiger partial charge in [0.1, 0.15) is 0 Å². The monoisotopic (exact) mass is 179 g/mol. The number of esters is 1. The van der Waals surface area contributed by atoms with Gasteiger partial charge in [0, 0.05) is 12.4 Å². The second-order valence-corrected chi connectivity index (χ2v) is 3.04. The van der Waals surface area contributed by atoms with Gasteiger partial charge in [-0.15, -0.1) is 0 Å². The van der Waals surface area contributed by atoms with Crippen LogP contribution in [0.25, 0.3) is 0 Å². The fourth-order valence-electron chi connectivity index (χ4n) is 1.13. The molecule has 0 saturated carbocycles. The molecule has 1 aromatic rings. The second kappa shape index (κ2) is 4.03. The number of carbonyl (C=O) groups is 1. The van der Waals surface area contributed by atoms with E-state index in [0.29, 0.717) is 0 Å². The SMILES string of the molecule is COC(=O)C(C)c1cncc(C)c1. The van der Waals surface area contributed by atoms with Crippen LogP contribution < -0.4 is 0 Å². The van der Waals surface area contributed by atoms with Crippen LogP contribution >= 0.6 is 0 Å². The molecule has 70 valence electrons. The maximum absolute atomic E-state index is 11.2. The average Bonchev–Trinajstić information content (AvgIpc) is 2.15. The zero-order chi connectivity index (χ0) is 9.84. The van der Waals surface area contributed by atoms with Gasteiger partial charge in [-0.1, -0.05) is 6.07 Å². The third-order valence-corrected chi connectivity index (χ3v) is 1.95. The number of methoxy groups -OCH3 is 1. The Morgan fingerprint density at radius 1 is 1.54 bits per heavy atom. The van der Waals surface area contributed by atoms with Crippen molar-refractivity contribution in [1.82, 2.24) is 4.98 Å². The molecule has 13 heavy (non-hydrogen) atoms. The highest BCUT2D eigenvalue weighted by Gasteiger charge is 2.15. The van der Waals surface area contributed by atoms with Crippen LogP contribution in [0.15, 0.2) is 18.5 Å².